The molecule has 0 spiro atoms. The van der Waals surface area contributed by atoms with Gasteiger partial charge in [-0.05, 0) is 54.4 Å². The Bertz CT molecular complexity index is 1520. The highest BCUT2D eigenvalue weighted by Gasteiger charge is 2.17. The number of hydrogen-bond donors (Lipinski definition) is 0. The molecule has 0 fully saturated rings. The Morgan fingerprint density at radius 1 is 0.969 bits per heavy atom. The molecule has 0 aliphatic carbocycles. The van der Waals surface area contributed by atoms with Crippen LogP contribution in [-0.4, -0.2) is 21.2 Å². The number of rotatable bonds is 5. The molecule has 0 radical (unpaired) electrons. The fourth-order valence-corrected chi connectivity index (χ4v) is 4.18. The van der Waals surface area contributed by atoms with Gasteiger partial charge < -0.3 is 9.30 Å². The van der Waals surface area contributed by atoms with E-state index in [1.165, 1.54) is 12.1 Å². The van der Waals surface area contributed by atoms with Crippen LogP contribution in [0.1, 0.15) is 16.7 Å². The summed E-state index contributed by atoms with van der Waals surface area (Å²) in [5.41, 5.74) is 4.75. The van der Waals surface area contributed by atoms with E-state index >= 15 is 0 Å². The second-order valence-electron chi connectivity index (χ2n) is 7.96. The van der Waals surface area contributed by atoms with E-state index in [0.717, 1.165) is 33.3 Å². The number of ether oxygens (including phenoxy) is 1. The normalized spacial score (nSPS) is 11.3. The molecule has 0 aliphatic rings. The van der Waals surface area contributed by atoms with Gasteiger partial charge in [0.15, 0.2) is 0 Å². The molecule has 5 rings (SSSR count). The molecular weight excluding hydrogens is 405 g/mol. The molecule has 0 N–H and O–H groups in total. The van der Waals surface area contributed by atoms with Crippen LogP contribution in [0.25, 0.3) is 21.9 Å². The SMILES string of the molecule is COc1cccc(Cn2cnc3c4cc(C)ccc4n(Cc4cccc(F)c4)c3c2=O)c1. The second-order valence-corrected chi connectivity index (χ2v) is 7.96. The van der Waals surface area contributed by atoms with Crippen molar-refractivity contribution in [2.75, 3.05) is 7.11 Å². The molecule has 5 aromatic rings. The number of benzene rings is 3. The third-order valence-corrected chi connectivity index (χ3v) is 5.70. The van der Waals surface area contributed by atoms with Gasteiger partial charge in [0.1, 0.15) is 22.6 Å². The molecule has 0 aliphatic heterocycles. The Morgan fingerprint density at radius 2 is 1.75 bits per heavy atom. The lowest BCUT2D eigenvalue weighted by Crippen LogP contribution is -2.23. The van der Waals surface area contributed by atoms with Crippen LogP contribution in [0.2, 0.25) is 0 Å². The van der Waals surface area contributed by atoms with Gasteiger partial charge >= 0.3 is 0 Å². The van der Waals surface area contributed by atoms with E-state index in [9.17, 15) is 9.18 Å². The molecule has 0 bridgehead atoms. The standard InChI is InChI=1S/C26H22FN3O2/c1-17-9-10-23-22(11-17)24-25(30(23)15-18-5-3-7-20(27)12-18)26(31)29(16-28-24)14-19-6-4-8-21(13-19)32-2/h3-13,16H,14-15H2,1-2H3. The molecule has 0 unspecified atom stereocenters. The zero-order valence-corrected chi connectivity index (χ0v) is 17.9. The molecule has 0 amide bonds. The van der Waals surface area contributed by atoms with Crippen LogP contribution in [0.3, 0.4) is 0 Å². The van der Waals surface area contributed by atoms with Crippen LogP contribution in [0.15, 0.2) is 77.9 Å². The predicted molar refractivity (Wildman–Crippen MR) is 124 cm³/mol. The number of hydrogen-bond acceptors (Lipinski definition) is 3. The highest BCUT2D eigenvalue weighted by atomic mass is 19.1. The van der Waals surface area contributed by atoms with Crippen molar-refractivity contribution in [3.05, 3.63) is 106 Å². The first kappa shape index (κ1) is 20.0. The Balaban J connectivity index is 1.70. The van der Waals surface area contributed by atoms with Crippen LogP contribution < -0.4 is 10.3 Å². The lowest BCUT2D eigenvalue weighted by molar-refractivity contribution is 0.414. The summed E-state index contributed by atoms with van der Waals surface area (Å²) in [6, 6.07) is 20.1. The smallest absolute Gasteiger partial charge is 0.278 e. The maximum atomic E-state index is 13.8. The summed E-state index contributed by atoms with van der Waals surface area (Å²) in [6.45, 7) is 2.76. The van der Waals surface area contributed by atoms with Crippen molar-refractivity contribution in [3.8, 4) is 5.75 Å². The first-order valence-corrected chi connectivity index (χ1v) is 10.4. The zero-order chi connectivity index (χ0) is 22.2. The Kier molecular flexibility index (Phi) is 4.98. The van der Waals surface area contributed by atoms with Gasteiger partial charge in [0, 0.05) is 11.9 Å². The van der Waals surface area contributed by atoms with Crippen molar-refractivity contribution in [2.24, 2.45) is 0 Å². The molecule has 0 saturated carbocycles. The van der Waals surface area contributed by atoms with Crippen LogP contribution in [0.4, 0.5) is 4.39 Å². The average molecular weight is 427 g/mol. The number of aromatic nitrogens is 3. The molecule has 6 heteroatoms. The largest absolute Gasteiger partial charge is 0.497 e. The van der Waals surface area contributed by atoms with Crippen molar-refractivity contribution >= 4 is 21.9 Å². The first-order chi connectivity index (χ1) is 15.5. The van der Waals surface area contributed by atoms with Gasteiger partial charge in [0.05, 0.1) is 25.5 Å². The van der Waals surface area contributed by atoms with Gasteiger partial charge in [0.25, 0.3) is 5.56 Å². The summed E-state index contributed by atoms with van der Waals surface area (Å²) in [6.07, 6.45) is 1.60. The Labute approximate surface area is 184 Å². The van der Waals surface area contributed by atoms with Crippen LogP contribution in [0, 0.1) is 12.7 Å². The number of methoxy groups -OCH3 is 1. The predicted octanol–water partition coefficient (Wildman–Crippen LogP) is 4.90. The summed E-state index contributed by atoms with van der Waals surface area (Å²) in [5, 5.41) is 0.919. The van der Waals surface area contributed by atoms with Gasteiger partial charge in [-0.2, -0.15) is 0 Å². The van der Waals surface area contributed by atoms with E-state index in [2.05, 4.69) is 4.98 Å². The average Bonchev–Trinajstić information content (AvgIpc) is 3.09. The van der Waals surface area contributed by atoms with Crippen LogP contribution in [0.5, 0.6) is 5.75 Å². The lowest BCUT2D eigenvalue weighted by Gasteiger charge is -2.10. The van der Waals surface area contributed by atoms with E-state index in [4.69, 9.17) is 4.74 Å². The summed E-state index contributed by atoms with van der Waals surface area (Å²) in [5.74, 6) is 0.438. The maximum absolute atomic E-state index is 13.8. The van der Waals surface area contributed by atoms with Gasteiger partial charge in [-0.3, -0.25) is 9.36 Å². The third-order valence-electron chi connectivity index (χ3n) is 5.70. The minimum Gasteiger partial charge on any atom is -0.497 e. The maximum Gasteiger partial charge on any atom is 0.278 e. The van der Waals surface area contributed by atoms with Crippen molar-refractivity contribution < 1.29 is 9.13 Å². The molecule has 3 aromatic carbocycles. The van der Waals surface area contributed by atoms with E-state index in [1.54, 1.807) is 24.1 Å². The van der Waals surface area contributed by atoms with Crippen LogP contribution >= 0.6 is 0 Å². The van der Waals surface area contributed by atoms with E-state index in [-0.39, 0.29) is 11.4 Å². The molecule has 32 heavy (non-hydrogen) atoms. The quantitative estimate of drug-likeness (QED) is 0.401. The molecule has 2 aromatic heterocycles. The number of halogens is 1. The molecule has 5 nitrogen and oxygen atoms in total. The number of nitrogens with zero attached hydrogens (tertiary/aromatic N) is 3. The Morgan fingerprint density at radius 3 is 2.53 bits per heavy atom. The van der Waals surface area contributed by atoms with Crippen molar-refractivity contribution in [2.45, 2.75) is 20.0 Å². The topological polar surface area (TPSA) is 49.0 Å². The van der Waals surface area contributed by atoms with Crippen molar-refractivity contribution in [1.29, 1.82) is 0 Å². The minimum atomic E-state index is -0.298. The zero-order valence-electron chi connectivity index (χ0n) is 17.9. The number of aryl methyl sites for hydroxylation is 1. The third kappa shape index (κ3) is 3.54. The van der Waals surface area contributed by atoms with Gasteiger partial charge in [-0.15, -0.1) is 0 Å². The molecule has 2 heterocycles. The lowest BCUT2D eigenvalue weighted by atomic mass is 10.1. The fourth-order valence-electron chi connectivity index (χ4n) is 4.18. The monoisotopic (exact) mass is 427 g/mol. The van der Waals surface area contributed by atoms with Gasteiger partial charge in [0.2, 0.25) is 0 Å². The number of fused-ring (bicyclic) bond motifs is 3. The molecular formula is C26H22FN3O2. The highest BCUT2D eigenvalue weighted by Crippen LogP contribution is 2.27. The fraction of sp³-hybridized carbons (Fsp3) is 0.154. The Hall–Kier alpha value is -3.93. The van der Waals surface area contributed by atoms with Crippen LogP contribution in [-0.2, 0) is 13.1 Å². The minimum absolute atomic E-state index is 0.136. The van der Waals surface area contributed by atoms with Gasteiger partial charge in [-0.25, -0.2) is 9.37 Å². The summed E-state index contributed by atoms with van der Waals surface area (Å²) in [4.78, 5) is 18.3. The van der Waals surface area contributed by atoms with Crippen molar-refractivity contribution in [3.63, 3.8) is 0 Å². The summed E-state index contributed by atoms with van der Waals surface area (Å²) >= 11 is 0. The summed E-state index contributed by atoms with van der Waals surface area (Å²) < 4.78 is 22.7. The molecule has 0 atom stereocenters. The van der Waals surface area contributed by atoms with Gasteiger partial charge in [-0.1, -0.05) is 35.9 Å². The van der Waals surface area contributed by atoms with E-state index < -0.39 is 0 Å². The van der Waals surface area contributed by atoms with Crippen molar-refractivity contribution in [1.82, 2.24) is 14.1 Å². The summed E-state index contributed by atoms with van der Waals surface area (Å²) in [7, 11) is 1.62. The first-order valence-electron chi connectivity index (χ1n) is 10.4. The molecule has 0 saturated heterocycles. The van der Waals surface area contributed by atoms with E-state index in [1.807, 2.05) is 60.0 Å². The van der Waals surface area contributed by atoms with E-state index in [0.29, 0.717) is 24.1 Å². The second kappa shape index (κ2) is 7.96. The molecule has 160 valence electrons. The highest BCUT2D eigenvalue weighted by molar-refractivity contribution is 6.05.